The molecule has 0 aliphatic carbocycles. The summed E-state index contributed by atoms with van der Waals surface area (Å²) in [5, 5.41) is 6.22. The summed E-state index contributed by atoms with van der Waals surface area (Å²) in [7, 11) is 0. The van der Waals surface area contributed by atoms with Crippen LogP contribution in [0.3, 0.4) is 0 Å². The first-order valence-corrected chi connectivity index (χ1v) is 11.8. The lowest BCUT2D eigenvalue weighted by Gasteiger charge is -2.23. The van der Waals surface area contributed by atoms with Crippen molar-refractivity contribution in [3.8, 4) is 0 Å². The molecule has 1 atom stereocenters. The van der Waals surface area contributed by atoms with Crippen molar-refractivity contribution in [1.29, 1.82) is 0 Å². The molecule has 0 spiro atoms. The molecule has 1 aliphatic rings. The van der Waals surface area contributed by atoms with E-state index in [1.807, 2.05) is 0 Å². The number of amides is 3. The number of aromatic nitrogens is 1. The Labute approximate surface area is 214 Å². The fourth-order valence-corrected chi connectivity index (χ4v) is 4.59. The van der Waals surface area contributed by atoms with Gasteiger partial charge in [0.05, 0.1) is 24.2 Å². The number of carbonyl (C=O) groups is 3. The van der Waals surface area contributed by atoms with Crippen LogP contribution in [0.4, 0.5) is 14.5 Å². The van der Waals surface area contributed by atoms with Gasteiger partial charge in [-0.3, -0.25) is 19.4 Å². The van der Waals surface area contributed by atoms with Gasteiger partial charge in [0.2, 0.25) is 11.8 Å². The van der Waals surface area contributed by atoms with Crippen LogP contribution in [-0.2, 0) is 9.59 Å². The monoisotopic (exact) mass is 520 g/mol. The molecule has 38 heavy (non-hydrogen) atoms. The van der Waals surface area contributed by atoms with Gasteiger partial charge < -0.3 is 20.0 Å². The highest BCUT2D eigenvalue weighted by Crippen LogP contribution is 2.33. The Bertz CT molecular complexity index is 1650. The van der Waals surface area contributed by atoms with E-state index in [1.165, 1.54) is 24.4 Å². The molecule has 2 N–H and O–H groups in total. The minimum atomic E-state index is -3.28. The van der Waals surface area contributed by atoms with Gasteiger partial charge in [0.15, 0.2) is 0 Å². The van der Waals surface area contributed by atoms with Crippen LogP contribution >= 0.6 is 0 Å². The molecule has 1 aliphatic heterocycles. The molecule has 1 saturated heterocycles. The van der Waals surface area contributed by atoms with E-state index in [4.69, 9.17) is 4.42 Å². The molecule has 0 bridgehead atoms. The highest BCUT2D eigenvalue weighted by Gasteiger charge is 2.49. The van der Waals surface area contributed by atoms with Crippen LogP contribution in [0.15, 0.2) is 70.0 Å². The number of likely N-dealkylation sites (tertiary alicyclic amines) is 1. The minimum Gasteiger partial charge on any atom is -0.423 e. The lowest BCUT2D eigenvalue weighted by atomic mass is 10.1. The minimum absolute atomic E-state index is 0.219. The van der Waals surface area contributed by atoms with Gasteiger partial charge in [-0.15, -0.1) is 0 Å². The third-order valence-corrected chi connectivity index (χ3v) is 6.41. The predicted molar refractivity (Wildman–Crippen MR) is 135 cm³/mol. The summed E-state index contributed by atoms with van der Waals surface area (Å²) < 4.78 is 33.8. The van der Waals surface area contributed by atoms with Gasteiger partial charge in [-0.2, -0.15) is 0 Å². The van der Waals surface area contributed by atoms with E-state index >= 15 is 0 Å². The molecule has 3 heterocycles. The Hall–Kier alpha value is -4.67. The van der Waals surface area contributed by atoms with Crippen LogP contribution < -0.4 is 16.3 Å². The third kappa shape index (κ3) is 4.95. The molecule has 2 aromatic heterocycles. The molecule has 1 fully saturated rings. The zero-order chi connectivity index (χ0) is 27.0. The zero-order valence-electron chi connectivity index (χ0n) is 20.2. The van der Waals surface area contributed by atoms with Gasteiger partial charge in [0.1, 0.15) is 11.6 Å². The quantitative estimate of drug-likeness (QED) is 0.390. The van der Waals surface area contributed by atoms with E-state index in [9.17, 15) is 28.0 Å². The highest BCUT2D eigenvalue weighted by molar-refractivity contribution is 6.07. The number of aryl methyl sites for hydroxylation is 1. The maximum Gasteiger partial charge on any atom is 0.336 e. The van der Waals surface area contributed by atoms with Gasteiger partial charge in [0.25, 0.3) is 11.8 Å². The first-order valence-electron chi connectivity index (χ1n) is 11.8. The number of halogens is 2. The Morgan fingerprint density at radius 1 is 1.11 bits per heavy atom. The van der Waals surface area contributed by atoms with E-state index in [2.05, 4.69) is 15.6 Å². The number of alkyl halides is 2. The van der Waals surface area contributed by atoms with Crippen molar-refractivity contribution in [3.63, 3.8) is 0 Å². The number of carbonyl (C=O) groups excluding carboxylic acids is 3. The summed E-state index contributed by atoms with van der Waals surface area (Å²) in [6.45, 7) is 0.205. The largest absolute Gasteiger partial charge is 0.423 e. The number of rotatable bonds is 5. The van der Waals surface area contributed by atoms with E-state index in [0.717, 1.165) is 4.90 Å². The van der Waals surface area contributed by atoms with E-state index in [0.29, 0.717) is 21.9 Å². The first-order chi connectivity index (χ1) is 18.1. The summed E-state index contributed by atoms with van der Waals surface area (Å²) in [6.07, 6.45) is 0.592. The summed E-state index contributed by atoms with van der Waals surface area (Å²) in [4.78, 5) is 55.2. The number of hydrogen-bond donors (Lipinski definition) is 2. The molecule has 1 unspecified atom stereocenters. The summed E-state index contributed by atoms with van der Waals surface area (Å²) in [5.74, 6) is -5.50. The Morgan fingerprint density at radius 3 is 2.71 bits per heavy atom. The fraction of sp³-hybridized carbons (Fsp3) is 0.222. The summed E-state index contributed by atoms with van der Waals surface area (Å²) in [6, 6.07) is 12.9. The number of fused-ring (bicyclic) bond motifs is 2. The number of pyridine rings is 1. The molecule has 11 heteroatoms. The predicted octanol–water partition coefficient (Wildman–Crippen LogP) is 3.25. The number of hydrogen-bond acceptors (Lipinski definition) is 6. The molecule has 0 saturated carbocycles. The topological polar surface area (TPSA) is 122 Å². The van der Waals surface area contributed by atoms with Gasteiger partial charge in [0, 0.05) is 41.2 Å². The molecule has 3 amide bonds. The molecule has 9 nitrogen and oxygen atoms in total. The number of nitrogens with zero attached hydrogens (tertiary/aromatic N) is 2. The van der Waals surface area contributed by atoms with Gasteiger partial charge in [-0.25, -0.2) is 13.6 Å². The van der Waals surface area contributed by atoms with Gasteiger partial charge in [-0.05, 0) is 36.8 Å². The molecule has 2 aromatic carbocycles. The Kier molecular flexibility index (Phi) is 6.35. The second-order valence-electron chi connectivity index (χ2n) is 9.10. The maximum atomic E-state index is 14.3. The van der Waals surface area contributed by atoms with Crippen molar-refractivity contribution in [2.45, 2.75) is 25.3 Å². The SMILES string of the molecule is Cc1cc(=O)oc2cc(NC(=O)C3CC(F)(F)CN3C(=O)CNC(=O)c3ccnc4ccccc34)ccc12. The summed E-state index contributed by atoms with van der Waals surface area (Å²) >= 11 is 0. The average molecular weight is 520 g/mol. The molecule has 5 rings (SSSR count). The Morgan fingerprint density at radius 2 is 1.89 bits per heavy atom. The number of anilines is 1. The molecule has 194 valence electrons. The Balaban J connectivity index is 1.30. The second-order valence-corrected chi connectivity index (χ2v) is 9.10. The third-order valence-electron chi connectivity index (χ3n) is 6.41. The van der Waals surface area contributed by atoms with Gasteiger partial charge in [-0.1, -0.05) is 18.2 Å². The first kappa shape index (κ1) is 25.0. The normalized spacial score (nSPS) is 16.5. The molecule has 4 aromatic rings. The molecular weight excluding hydrogens is 498 g/mol. The van der Waals surface area contributed by atoms with Crippen molar-refractivity contribution >= 4 is 45.3 Å². The lowest BCUT2D eigenvalue weighted by Crippen LogP contribution is -2.47. The van der Waals surface area contributed by atoms with E-state index < -0.39 is 54.8 Å². The van der Waals surface area contributed by atoms with Crippen molar-refractivity contribution in [2.75, 3.05) is 18.4 Å². The van der Waals surface area contributed by atoms with Gasteiger partial charge >= 0.3 is 5.63 Å². The standard InChI is InChI=1S/C27H22F2N4O5/c1-15-10-24(35)38-22-11-16(6-7-17(15)22)32-26(37)21-12-27(28,29)14-33(21)23(34)13-31-25(36)19-8-9-30-20-5-3-2-4-18(19)20/h2-11,21H,12-14H2,1H3,(H,31,36)(H,32,37). The summed E-state index contributed by atoms with van der Waals surface area (Å²) in [5.41, 5.74) is 1.43. The van der Waals surface area contributed by atoms with Crippen LogP contribution in [0.1, 0.15) is 22.3 Å². The lowest BCUT2D eigenvalue weighted by molar-refractivity contribution is -0.136. The van der Waals surface area contributed by atoms with Crippen LogP contribution in [0.2, 0.25) is 0 Å². The van der Waals surface area contributed by atoms with Crippen LogP contribution in [0.5, 0.6) is 0 Å². The van der Waals surface area contributed by atoms with Crippen molar-refractivity contribution in [2.24, 2.45) is 0 Å². The number of benzene rings is 2. The van der Waals surface area contributed by atoms with E-state index in [-0.39, 0.29) is 16.8 Å². The van der Waals surface area contributed by atoms with Crippen molar-refractivity contribution < 1.29 is 27.6 Å². The molecule has 0 radical (unpaired) electrons. The number of nitrogens with one attached hydrogen (secondary N) is 2. The second kappa shape index (κ2) is 9.66. The van der Waals surface area contributed by atoms with Crippen molar-refractivity contribution in [1.82, 2.24) is 15.2 Å². The zero-order valence-corrected chi connectivity index (χ0v) is 20.2. The van der Waals surface area contributed by atoms with E-state index in [1.54, 1.807) is 43.3 Å². The number of para-hydroxylation sites is 1. The molecular formula is C27H22F2N4O5. The highest BCUT2D eigenvalue weighted by atomic mass is 19.3. The van der Waals surface area contributed by atoms with Crippen LogP contribution in [0, 0.1) is 6.92 Å². The smallest absolute Gasteiger partial charge is 0.336 e. The van der Waals surface area contributed by atoms with Crippen LogP contribution in [0.25, 0.3) is 21.9 Å². The van der Waals surface area contributed by atoms with Crippen LogP contribution in [-0.4, -0.2) is 52.7 Å². The maximum absolute atomic E-state index is 14.3. The average Bonchev–Trinajstić information content (AvgIpc) is 3.22. The van der Waals surface area contributed by atoms with Crippen molar-refractivity contribution in [3.05, 3.63) is 82.3 Å². The fourth-order valence-electron chi connectivity index (χ4n) is 4.59.